The number of hydrogen-bond donors (Lipinski definition) is 1. The van der Waals surface area contributed by atoms with Gasteiger partial charge in [-0.3, -0.25) is 0 Å². The number of ether oxygens (including phenoxy) is 2. The summed E-state index contributed by atoms with van der Waals surface area (Å²) >= 11 is 1.82. The maximum atomic E-state index is 5.83. The summed E-state index contributed by atoms with van der Waals surface area (Å²) < 4.78 is 11.1. The second-order valence-electron chi connectivity index (χ2n) is 6.04. The molecule has 4 rings (SSSR count). The second kappa shape index (κ2) is 7.27. The van der Waals surface area contributed by atoms with Crippen LogP contribution < -0.4 is 14.8 Å². The van der Waals surface area contributed by atoms with Crippen LogP contribution in [0.3, 0.4) is 0 Å². The maximum absolute atomic E-state index is 5.83. The van der Waals surface area contributed by atoms with Gasteiger partial charge in [-0.05, 0) is 43.4 Å². The van der Waals surface area contributed by atoms with Crippen LogP contribution >= 0.6 is 11.3 Å². The summed E-state index contributed by atoms with van der Waals surface area (Å²) in [5, 5.41) is 4.63. The fourth-order valence-electron chi connectivity index (χ4n) is 3.29. The van der Waals surface area contributed by atoms with Gasteiger partial charge in [-0.15, -0.1) is 11.3 Å². The van der Waals surface area contributed by atoms with Crippen LogP contribution in [0.1, 0.15) is 23.3 Å². The fourth-order valence-corrected chi connectivity index (χ4v) is 4.52. The molecule has 1 N–H and O–H groups in total. The van der Waals surface area contributed by atoms with Crippen LogP contribution in [0.2, 0.25) is 0 Å². The molecule has 3 aromatic rings. The molecule has 2 heterocycles. The Morgan fingerprint density at radius 1 is 1.12 bits per heavy atom. The molecule has 0 saturated carbocycles. The number of benzene rings is 1. The molecule has 5 nitrogen and oxygen atoms in total. The molecule has 0 fully saturated rings. The summed E-state index contributed by atoms with van der Waals surface area (Å²) in [6.45, 7) is 1.22. The number of nitrogens with zero attached hydrogens (tertiary/aromatic N) is 2. The Morgan fingerprint density at radius 2 is 1.96 bits per heavy atom. The van der Waals surface area contributed by atoms with Crippen molar-refractivity contribution in [2.24, 2.45) is 0 Å². The first-order chi connectivity index (χ1) is 12.4. The van der Waals surface area contributed by atoms with E-state index in [1.807, 2.05) is 35.6 Å². The highest BCUT2D eigenvalue weighted by atomic mass is 32.1. The minimum absolute atomic E-state index is 0.540. The molecule has 25 heavy (non-hydrogen) atoms. The van der Waals surface area contributed by atoms with Crippen molar-refractivity contribution in [2.45, 2.75) is 25.7 Å². The van der Waals surface area contributed by atoms with Gasteiger partial charge in [0.15, 0.2) is 11.5 Å². The Kier molecular flexibility index (Phi) is 4.70. The predicted molar refractivity (Wildman–Crippen MR) is 101 cm³/mol. The number of nitrogens with one attached hydrogen (secondary N) is 1. The number of thiophene rings is 1. The number of fused-ring (bicyclic) bond motifs is 3. The molecule has 0 radical (unpaired) electrons. The molecule has 0 bridgehead atoms. The van der Waals surface area contributed by atoms with E-state index in [4.69, 9.17) is 9.47 Å². The molecule has 0 amide bonds. The van der Waals surface area contributed by atoms with Crippen LogP contribution in [0.5, 0.6) is 11.5 Å². The number of aromatic nitrogens is 2. The molecular weight excluding hydrogens is 334 g/mol. The summed E-state index contributed by atoms with van der Waals surface area (Å²) in [5.41, 5.74) is 1.44. The molecule has 2 aromatic heterocycles. The number of rotatable bonds is 6. The van der Waals surface area contributed by atoms with Crippen LogP contribution in [0.15, 0.2) is 30.6 Å². The second-order valence-corrected chi connectivity index (χ2v) is 7.12. The van der Waals surface area contributed by atoms with Crippen LogP contribution in [-0.2, 0) is 12.8 Å². The Balaban J connectivity index is 1.45. The van der Waals surface area contributed by atoms with Crippen molar-refractivity contribution in [3.8, 4) is 11.5 Å². The zero-order valence-corrected chi connectivity index (χ0v) is 15.1. The van der Waals surface area contributed by atoms with Gasteiger partial charge in [0.1, 0.15) is 23.6 Å². The molecule has 1 aliphatic carbocycles. The lowest BCUT2D eigenvalue weighted by Crippen LogP contribution is -2.13. The molecular formula is C19H21N3O2S. The van der Waals surface area contributed by atoms with E-state index in [1.165, 1.54) is 35.1 Å². The maximum Gasteiger partial charge on any atom is 0.161 e. The summed E-state index contributed by atoms with van der Waals surface area (Å²) in [6.07, 6.45) is 6.49. The Hall–Kier alpha value is -2.34. The third-order valence-electron chi connectivity index (χ3n) is 4.47. The van der Waals surface area contributed by atoms with Gasteiger partial charge in [0.2, 0.25) is 0 Å². The highest BCUT2D eigenvalue weighted by molar-refractivity contribution is 7.19. The monoisotopic (exact) mass is 355 g/mol. The zero-order chi connectivity index (χ0) is 17.1. The van der Waals surface area contributed by atoms with Crippen molar-refractivity contribution in [3.05, 3.63) is 41.0 Å². The van der Waals surface area contributed by atoms with Crippen LogP contribution in [0.25, 0.3) is 10.2 Å². The summed E-state index contributed by atoms with van der Waals surface area (Å²) in [6, 6.07) is 7.68. The number of anilines is 1. The van der Waals surface area contributed by atoms with E-state index in [1.54, 1.807) is 13.4 Å². The molecule has 130 valence electrons. The minimum Gasteiger partial charge on any atom is -0.493 e. The molecule has 0 unspecified atom stereocenters. The lowest BCUT2D eigenvalue weighted by atomic mass is 9.97. The number of methoxy groups -OCH3 is 1. The van der Waals surface area contributed by atoms with Gasteiger partial charge < -0.3 is 14.8 Å². The van der Waals surface area contributed by atoms with Crippen molar-refractivity contribution in [2.75, 3.05) is 25.6 Å². The first-order valence-corrected chi connectivity index (χ1v) is 9.43. The van der Waals surface area contributed by atoms with Gasteiger partial charge in [0.25, 0.3) is 0 Å². The molecule has 0 spiro atoms. The van der Waals surface area contributed by atoms with E-state index >= 15 is 0 Å². The van der Waals surface area contributed by atoms with E-state index in [-0.39, 0.29) is 0 Å². The summed E-state index contributed by atoms with van der Waals surface area (Å²) in [5.74, 6) is 2.43. The third-order valence-corrected chi connectivity index (χ3v) is 5.67. The van der Waals surface area contributed by atoms with Crippen molar-refractivity contribution in [1.82, 2.24) is 9.97 Å². The average Bonchev–Trinajstić information content (AvgIpc) is 3.05. The number of hydrogen-bond acceptors (Lipinski definition) is 6. The highest BCUT2D eigenvalue weighted by Gasteiger charge is 2.19. The average molecular weight is 355 g/mol. The first kappa shape index (κ1) is 16.1. The van der Waals surface area contributed by atoms with Crippen molar-refractivity contribution >= 4 is 27.4 Å². The third kappa shape index (κ3) is 3.26. The van der Waals surface area contributed by atoms with Crippen molar-refractivity contribution in [3.63, 3.8) is 0 Å². The first-order valence-electron chi connectivity index (χ1n) is 8.62. The topological polar surface area (TPSA) is 56.3 Å². The van der Waals surface area contributed by atoms with E-state index in [9.17, 15) is 0 Å². The normalized spacial score (nSPS) is 13.5. The van der Waals surface area contributed by atoms with Gasteiger partial charge in [0.05, 0.1) is 19.0 Å². The van der Waals surface area contributed by atoms with Crippen LogP contribution in [0, 0.1) is 0 Å². The van der Waals surface area contributed by atoms with Gasteiger partial charge in [-0.25, -0.2) is 9.97 Å². The molecule has 6 heteroatoms. The number of para-hydroxylation sites is 2. The van der Waals surface area contributed by atoms with E-state index in [2.05, 4.69) is 15.3 Å². The van der Waals surface area contributed by atoms with Crippen molar-refractivity contribution < 1.29 is 9.47 Å². The van der Waals surface area contributed by atoms with Crippen LogP contribution in [0.4, 0.5) is 5.82 Å². The van der Waals surface area contributed by atoms with Gasteiger partial charge in [-0.2, -0.15) is 0 Å². The standard InChI is InChI=1S/C19H21N3O2S/c1-23-14-7-3-4-8-15(14)24-11-10-20-18-17-13-6-2-5-9-16(13)25-19(17)22-12-21-18/h3-4,7-8,12H,2,5-6,9-11H2,1H3,(H,20,21,22). The van der Waals surface area contributed by atoms with E-state index in [0.717, 1.165) is 28.6 Å². The molecule has 0 saturated heterocycles. The summed E-state index contributed by atoms with van der Waals surface area (Å²) in [7, 11) is 1.65. The molecule has 1 aromatic carbocycles. The molecule has 0 atom stereocenters. The molecule has 0 aliphatic heterocycles. The van der Waals surface area contributed by atoms with E-state index in [0.29, 0.717) is 13.2 Å². The minimum atomic E-state index is 0.540. The smallest absolute Gasteiger partial charge is 0.161 e. The Labute approximate surface area is 151 Å². The lowest BCUT2D eigenvalue weighted by Gasteiger charge is -2.13. The largest absolute Gasteiger partial charge is 0.493 e. The van der Waals surface area contributed by atoms with E-state index < -0.39 is 0 Å². The SMILES string of the molecule is COc1ccccc1OCCNc1ncnc2sc3c(c12)CCCC3. The Bertz CT molecular complexity index is 878. The number of aryl methyl sites for hydroxylation is 2. The van der Waals surface area contributed by atoms with Crippen molar-refractivity contribution in [1.29, 1.82) is 0 Å². The lowest BCUT2D eigenvalue weighted by molar-refractivity contribution is 0.306. The molecule has 1 aliphatic rings. The quantitative estimate of drug-likeness (QED) is 0.676. The van der Waals surface area contributed by atoms with Gasteiger partial charge >= 0.3 is 0 Å². The highest BCUT2D eigenvalue weighted by Crippen LogP contribution is 2.38. The van der Waals surface area contributed by atoms with Crippen LogP contribution in [-0.4, -0.2) is 30.2 Å². The zero-order valence-electron chi connectivity index (χ0n) is 14.2. The van der Waals surface area contributed by atoms with Gasteiger partial charge in [-0.1, -0.05) is 12.1 Å². The Morgan fingerprint density at radius 3 is 2.84 bits per heavy atom. The summed E-state index contributed by atoms with van der Waals surface area (Å²) in [4.78, 5) is 11.5. The fraction of sp³-hybridized carbons (Fsp3) is 0.368. The predicted octanol–water partition coefficient (Wildman–Crippen LogP) is 4.07. The van der Waals surface area contributed by atoms with Gasteiger partial charge in [0, 0.05) is 4.88 Å².